The number of hydrogen-bond acceptors (Lipinski definition) is 1. The monoisotopic (exact) mass is 1390 g/mol. The molecule has 0 radical (unpaired) electrons. The maximum Gasteiger partial charge on any atom is 2.00 e. The summed E-state index contributed by atoms with van der Waals surface area (Å²) >= 11 is 0. The van der Waals surface area contributed by atoms with Gasteiger partial charge in [0.25, 0.3) is 0 Å². The average molecular weight is 1390 g/mol. The molecule has 2 aliphatic carbocycles. The number of benzene rings is 10. The van der Waals surface area contributed by atoms with E-state index in [9.17, 15) is 0 Å². The van der Waals surface area contributed by atoms with Crippen molar-refractivity contribution in [1.29, 1.82) is 0 Å². The molecule has 12 rings (SSSR count). The minimum absolute atomic E-state index is 0. The summed E-state index contributed by atoms with van der Waals surface area (Å²) in [6, 6.07) is 110. The number of unbranched alkanes of at least 4 members (excludes halogenated alkanes) is 2. The Hall–Kier alpha value is -6.12. The van der Waals surface area contributed by atoms with Crippen LogP contribution in [-0.4, -0.2) is 29.2 Å². The summed E-state index contributed by atoms with van der Waals surface area (Å²) in [5.74, 6) is 1.39. The van der Waals surface area contributed by atoms with Crippen LogP contribution in [0.1, 0.15) is 114 Å². The van der Waals surface area contributed by atoms with Crippen molar-refractivity contribution < 1.29 is 17.1 Å². The van der Waals surface area contributed by atoms with E-state index in [0.29, 0.717) is 39.9 Å². The summed E-state index contributed by atoms with van der Waals surface area (Å²) in [7, 11) is -2.09. The zero-order chi connectivity index (χ0) is 65.0. The topological polar surface area (TPSA) is 12.0 Å². The Kier molecular flexibility index (Phi) is 30.4. The fourth-order valence-corrected chi connectivity index (χ4v) is 28.7. The van der Waals surface area contributed by atoms with Gasteiger partial charge in [0.1, 0.15) is 0 Å². The van der Waals surface area contributed by atoms with Crippen molar-refractivity contribution in [3.63, 3.8) is 0 Å². The van der Waals surface area contributed by atoms with Gasteiger partial charge in [0, 0.05) is 6.54 Å². The first-order valence-electron chi connectivity index (χ1n) is 34.8. The van der Waals surface area contributed by atoms with Crippen molar-refractivity contribution in [2.75, 3.05) is 6.54 Å². The minimum Gasteiger partial charge on any atom is -0.358 e. The summed E-state index contributed by atoms with van der Waals surface area (Å²) in [6.07, 6.45) is 17.8. The summed E-state index contributed by atoms with van der Waals surface area (Å²) < 4.78 is 0. The Morgan fingerprint density at radius 1 is 0.330 bits per heavy atom. The van der Waals surface area contributed by atoms with E-state index in [-0.39, 0.29) is 37.3 Å². The van der Waals surface area contributed by atoms with E-state index in [1.165, 1.54) is 135 Å². The molecule has 6 heteroatoms. The summed E-state index contributed by atoms with van der Waals surface area (Å²) in [5, 5.41) is 15.9. The Bertz CT molecular complexity index is 3220. The van der Waals surface area contributed by atoms with Crippen molar-refractivity contribution in [2.45, 2.75) is 128 Å². The van der Waals surface area contributed by atoms with Gasteiger partial charge in [0.15, 0.2) is 0 Å². The number of aryl methyl sites for hydroxylation is 1. The third-order valence-corrected chi connectivity index (χ3v) is 32.8. The van der Waals surface area contributed by atoms with Crippen LogP contribution in [0.2, 0.25) is 0 Å². The van der Waals surface area contributed by atoms with Gasteiger partial charge in [-0.25, -0.2) is 0 Å². The SMILES string of the molecule is C=Cc1ccc(CCCCCC(C)(C)C2CC(P(c3ccccc3)c3ccccc3)C(P(c3ccccc3)c3ccccc3)C2)cc1.C=Cc1ccc(CNCCCC(C)(C)C2CC(P(c3ccccc3)c3ccccc3)C(P(c3ccccc3)c3ccccc3)C2)cc1.[CH3-].[CH3-].[Fe+2]. The molecule has 4 atom stereocenters. The third-order valence-electron chi connectivity index (χ3n) is 20.5. The summed E-state index contributed by atoms with van der Waals surface area (Å²) in [6.45, 7) is 20.0. The molecule has 2 saturated carbocycles. The number of nitrogens with one attached hydrogen (secondary N) is 1. The predicted octanol–water partition coefficient (Wildman–Crippen LogP) is 21.4. The van der Waals surface area contributed by atoms with Crippen LogP contribution in [0.5, 0.6) is 0 Å². The van der Waals surface area contributed by atoms with Crippen molar-refractivity contribution in [2.24, 2.45) is 22.7 Å². The first-order valence-corrected chi connectivity index (χ1v) is 40.4. The van der Waals surface area contributed by atoms with E-state index < -0.39 is 31.7 Å². The zero-order valence-electron chi connectivity index (χ0n) is 58.6. The molecule has 0 heterocycles. The van der Waals surface area contributed by atoms with Gasteiger partial charge in [-0.1, -0.05) is 357 Å². The van der Waals surface area contributed by atoms with Crippen molar-refractivity contribution in [3.8, 4) is 0 Å². The van der Waals surface area contributed by atoms with Gasteiger partial charge in [-0.3, -0.25) is 0 Å². The van der Waals surface area contributed by atoms with Crippen LogP contribution in [0, 0.1) is 37.5 Å². The van der Waals surface area contributed by atoms with Crippen molar-refractivity contribution >= 4 is 86.3 Å². The Morgan fingerprint density at radius 3 is 0.835 bits per heavy atom. The van der Waals surface area contributed by atoms with Crippen LogP contribution in [0.15, 0.2) is 304 Å². The van der Waals surface area contributed by atoms with E-state index in [2.05, 4.69) is 337 Å². The Labute approximate surface area is 602 Å². The normalized spacial score (nSPS) is 17.5. The molecule has 502 valence electrons. The largest absolute Gasteiger partial charge is 2.00 e. The van der Waals surface area contributed by atoms with Crippen molar-refractivity contribution in [3.05, 3.63) is 341 Å². The van der Waals surface area contributed by atoms with E-state index in [1.807, 2.05) is 12.2 Å². The fourth-order valence-electron chi connectivity index (χ4n) is 15.2. The Balaban J connectivity index is 0.000000240. The average Bonchev–Trinajstić information content (AvgIpc) is 1.65. The van der Waals surface area contributed by atoms with E-state index in [4.69, 9.17) is 0 Å². The maximum atomic E-state index is 3.89. The molecule has 1 nitrogen and oxygen atoms in total. The van der Waals surface area contributed by atoms with Gasteiger partial charge >= 0.3 is 17.1 Å². The second kappa shape index (κ2) is 38.5. The molecule has 0 amide bonds. The van der Waals surface area contributed by atoms with Gasteiger partial charge in [-0.2, -0.15) is 0 Å². The Morgan fingerprint density at radius 2 is 0.577 bits per heavy atom. The molecule has 4 unspecified atom stereocenters. The van der Waals surface area contributed by atoms with Gasteiger partial charge in [0.05, 0.1) is 0 Å². The van der Waals surface area contributed by atoms with Crippen LogP contribution < -0.4 is 47.8 Å². The van der Waals surface area contributed by atoms with Crippen LogP contribution >= 0.6 is 31.7 Å². The first-order chi connectivity index (χ1) is 46.1. The van der Waals surface area contributed by atoms with E-state index >= 15 is 0 Å². The third kappa shape index (κ3) is 20.5. The number of rotatable bonds is 28. The molecule has 0 aliphatic heterocycles. The molecule has 0 bridgehead atoms. The smallest absolute Gasteiger partial charge is 0.358 e. The van der Waals surface area contributed by atoms with Crippen LogP contribution in [0.25, 0.3) is 12.2 Å². The van der Waals surface area contributed by atoms with Gasteiger partial charge in [-0.15, -0.1) is 0 Å². The first kappa shape index (κ1) is 76.6. The molecule has 0 aromatic heterocycles. The van der Waals surface area contributed by atoms with Gasteiger partial charge < -0.3 is 20.2 Å². The molecular weight excluding hydrogens is 1290 g/mol. The fraction of sp³-hybridized carbons (Fsp3) is 0.275. The minimum atomic E-state index is -0.529. The molecule has 0 spiro atoms. The molecular formula is C91H105FeNP4. The molecule has 10 aromatic carbocycles. The molecule has 97 heavy (non-hydrogen) atoms. The molecule has 1 N–H and O–H groups in total. The van der Waals surface area contributed by atoms with Gasteiger partial charge in [0.2, 0.25) is 0 Å². The maximum absolute atomic E-state index is 3.89. The van der Waals surface area contributed by atoms with E-state index in [0.717, 1.165) is 13.1 Å². The van der Waals surface area contributed by atoms with Crippen molar-refractivity contribution in [1.82, 2.24) is 5.32 Å². The molecule has 2 fully saturated rings. The standard InChI is InChI=1S/C45H50P2.C44H49NP2.2CH3.Fe/c1-4-36-29-31-37(32-30-36)20-10-9-19-33-45(2,3)38-34-43(46(39-21-11-5-12-22-39)40-23-13-6-14-24-40)44(35-38)47(41-25-15-7-16-26-41)42-27-17-8-18-28-42;1-4-35-26-28-36(29-27-35)34-45-31-17-30-44(2,3)37-32-42(46(38-18-9-5-10-19-38)39-20-11-6-12-21-39)43(33-37)47(40-22-13-7-14-23-40)41-24-15-8-16-25-41;;;/h4-8,11-18,21-32,38,43-44H,1,9-10,19-20,33-35H2,2-3H3;4-16,18-29,37,42-43,45H,1,17,30-34H2,2-3H3;2*1H3;/q;;2*-1;+2. The molecule has 2 aliphatic rings. The quantitative estimate of drug-likeness (QED) is 0.0223. The second-order valence-electron chi connectivity index (χ2n) is 27.5. The molecule has 10 aromatic rings. The van der Waals surface area contributed by atoms with Gasteiger partial charge in [-0.05, 0) is 206 Å². The summed E-state index contributed by atoms with van der Waals surface area (Å²) in [4.78, 5) is 0. The van der Waals surface area contributed by atoms with E-state index in [1.54, 1.807) is 0 Å². The van der Waals surface area contributed by atoms with Crippen LogP contribution in [-0.2, 0) is 30.0 Å². The predicted molar refractivity (Wildman–Crippen MR) is 433 cm³/mol. The number of hydrogen-bond donors (Lipinski definition) is 1. The van der Waals surface area contributed by atoms with Crippen LogP contribution in [0.3, 0.4) is 0 Å². The van der Waals surface area contributed by atoms with Crippen LogP contribution in [0.4, 0.5) is 0 Å². The second-order valence-corrected chi connectivity index (χ2v) is 37.2. The zero-order valence-corrected chi connectivity index (χ0v) is 63.3. The summed E-state index contributed by atoms with van der Waals surface area (Å²) in [5.41, 5.74) is 8.22. The molecule has 0 saturated heterocycles.